The van der Waals surface area contributed by atoms with E-state index in [9.17, 15) is 0 Å². The third-order valence-electron chi connectivity index (χ3n) is 4.52. The van der Waals surface area contributed by atoms with Crippen LogP contribution < -0.4 is 10.1 Å². The van der Waals surface area contributed by atoms with Gasteiger partial charge in [-0.05, 0) is 49.1 Å². The Morgan fingerprint density at radius 3 is 2.75 bits per heavy atom. The lowest BCUT2D eigenvalue weighted by Crippen LogP contribution is -2.11. The fourth-order valence-electron chi connectivity index (χ4n) is 3.42. The van der Waals surface area contributed by atoms with Crippen LogP contribution in [-0.2, 0) is 6.42 Å². The fourth-order valence-corrected chi connectivity index (χ4v) is 3.42. The highest BCUT2D eigenvalue weighted by atomic mass is 16.5. The Labute approximate surface area is 141 Å². The first kappa shape index (κ1) is 14.8. The van der Waals surface area contributed by atoms with Gasteiger partial charge in [0.15, 0.2) is 0 Å². The van der Waals surface area contributed by atoms with Crippen molar-refractivity contribution in [1.29, 1.82) is 0 Å². The quantitative estimate of drug-likeness (QED) is 0.736. The highest BCUT2D eigenvalue weighted by Crippen LogP contribution is 2.41. The number of para-hydroxylation sites is 1. The van der Waals surface area contributed by atoms with E-state index < -0.39 is 0 Å². The largest absolute Gasteiger partial charge is 0.457 e. The monoisotopic (exact) mass is 320 g/mol. The Bertz CT molecular complexity index is 813. The number of rotatable bonds is 4. The molecule has 0 amide bonds. The predicted octanol–water partition coefficient (Wildman–Crippen LogP) is 4.98. The zero-order chi connectivity index (χ0) is 16.4. The minimum absolute atomic E-state index is 0.293. The van der Waals surface area contributed by atoms with Crippen molar-refractivity contribution in [3.63, 3.8) is 0 Å². The van der Waals surface area contributed by atoms with Crippen molar-refractivity contribution in [2.24, 2.45) is 0 Å². The van der Waals surface area contributed by atoms with Gasteiger partial charge in [0.25, 0.3) is 0 Å². The summed E-state index contributed by atoms with van der Waals surface area (Å²) in [6.45, 7) is 0. The third kappa shape index (κ3) is 2.75. The van der Waals surface area contributed by atoms with E-state index >= 15 is 0 Å². The normalized spacial score (nSPS) is 16.5. The first-order valence-corrected chi connectivity index (χ1v) is 8.34. The molecule has 1 N–H and O–H groups in total. The summed E-state index contributed by atoms with van der Waals surface area (Å²) in [6, 6.07) is 18.2. The molecule has 24 heavy (non-hydrogen) atoms. The molecule has 0 radical (unpaired) electrons. The van der Waals surface area contributed by atoms with Gasteiger partial charge in [-0.25, -0.2) is 0 Å². The molecule has 1 heterocycles. The molecule has 4 nitrogen and oxygen atoms in total. The van der Waals surface area contributed by atoms with Crippen molar-refractivity contribution < 1.29 is 9.26 Å². The SMILES string of the molecule is CNc1onc2c1C(c1cccc(Oc3ccccc3)c1)CCC2. The molecule has 3 aromatic rings. The summed E-state index contributed by atoms with van der Waals surface area (Å²) < 4.78 is 11.4. The number of fused-ring (bicyclic) bond motifs is 1. The second-order valence-electron chi connectivity index (χ2n) is 6.05. The van der Waals surface area contributed by atoms with Crippen molar-refractivity contribution >= 4 is 5.88 Å². The number of hydrogen-bond donors (Lipinski definition) is 1. The minimum Gasteiger partial charge on any atom is -0.457 e. The number of aryl methyl sites for hydroxylation is 1. The summed E-state index contributed by atoms with van der Waals surface area (Å²) >= 11 is 0. The number of anilines is 1. The molecule has 0 saturated carbocycles. The molecule has 2 aromatic carbocycles. The van der Waals surface area contributed by atoms with Crippen LogP contribution in [0.25, 0.3) is 0 Å². The van der Waals surface area contributed by atoms with E-state index in [1.54, 1.807) is 0 Å². The van der Waals surface area contributed by atoms with Crippen LogP contribution >= 0.6 is 0 Å². The second-order valence-corrected chi connectivity index (χ2v) is 6.05. The molecule has 1 unspecified atom stereocenters. The number of nitrogens with one attached hydrogen (secondary N) is 1. The van der Waals surface area contributed by atoms with Crippen LogP contribution in [0.4, 0.5) is 5.88 Å². The first-order valence-electron chi connectivity index (χ1n) is 8.34. The molecule has 4 rings (SSSR count). The average Bonchev–Trinajstić information content (AvgIpc) is 3.06. The number of aromatic nitrogens is 1. The van der Waals surface area contributed by atoms with E-state index in [4.69, 9.17) is 9.26 Å². The number of hydrogen-bond acceptors (Lipinski definition) is 4. The minimum atomic E-state index is 0.293. The van der Waals surface area contributed by atoms with Gasteiger partial charge < -0.3 is 14.6 Å². The summed E-state index contributed by atoms with van der Waals surface area (Å²) in [5.41, 5.74) is 3.51. The van der Waals surface area contributed by atoms with Crippen molar-refractivity contribution in [1.82, 2.24) is 5.16 Å². The molecular weight excluding hydrogens is 300 g/mol. The molecule has 0 fully saturated rings. The molecule has 0 bridgehead atoms. The maximum Gasteiger partial charge on any atom is 0.228 e. The van der Waals surface area contributed by atoms with Gasteiger partial charge in [-0.15, -0.1) is 0 Å². The standard InChI is InChI=1S/C20H20N2O2/c1-21-20-19-17(11-6-12-18(19)22-24-20)14-7-5-10-16(13-14)23-15-8-3-2-4-9-15/h2-5,7-10,13,17,21H,6,11-12H2,1H3. The fraction of sp³-hybridized carbons (Fsp3) is 0.250. The van der Waals surface area contributed by atoms with Crippen molar-refractivity contribution in [3.05, 3.63) is 71.4 Å². The molecule has 1 atom stereocenters. The molecule has 0 aliphatic heterocycles. The van der Waals surface area contributed by atoms with E-state index in [-0.39, 0.29) is 0 Å². The zero-order valence-electron chi connectivity index (χ0n) is 13.7. The lowest BCUT2D eigenvalue weighted by atomic mass is 9.81. The zero-order valence-corrected chi connectivity index (χ0v) is 13.7. The summed E-state index contributed by atoms with van der Waals surface area (Å²) in [5.74, 6) is 2.78. The van der Waals surface area contributed by atoms with Crippen LogP contribution in [-0.4, -0.2) is 12.2 Å². The molecule has 0 spiro atoms. The van der Waals surface area contributed by atoms with Crippen LogP contribution in [0.5, 0.6) is 11.5 Å². The van der Waals surface area contributed by atoms with Gasteiger partial charge >= 0.3 is 0 Å². The second kappa shape index (κ2) is 6.40. The Kier molecular flexibility index (Phi) is 3.95. The van der Waals surface area contributed by atoms with Gasteiger partial charge in [0.2, 0.25) is 5.88 Å². The molecule has 122 valence electrons. The van der Waals surface area contributed by atoms with Crippen LogP contribution in [0.15, 0.2) is 59.1 Å². The average molecular weight is 320 g/mol. The Balaban J connectivity index is 1.66. The van der Waals surface area contributed by atoms with E-state index in [0.29, 0.717) is 5.92 Å². The Morgan fingerprint density at radius 2 is 1.92 bits per heavy atom. The van der Waals surface area contributed by atoms with E-state index in [1.807, 2.05) is 43.4 Å². The van der Waals surface area contributed by atoms with Gasteiger partial charge in [0.1, 0.15) is 11.5 Å². The Hall–Kier alpha value is -2.75. The molecule has 0 saturated heterocycles. The molecule has 4 heteroatoms. The maximum absolute atomic E-state index is 5.98. The van der Waals surface area contributed by atoms with Crippen molar-refractivity contribution in [2.75, 3.05) is 12.4 Å². The smallest absolute Gasteiger partial charge is 0.228 e. The third-order valence-corrected chi connectivity index (χ3v) is 4.52. The lowest BCUT2D eigenvalue weighted by molar-refractivity contribution is 0.424. The van der Waals surface area contributed by atoms with E-state index in [0.717, 1.165) is 42.3 Å². The van der Waals surface area contributed by atoms with Gasteiger partial charge in [-0.1, -0.05) is 35.5 Å². The van der Waals surface area contributed by atoms with E-state index in [1.165, 1.54) is 11.1 Å². The highest BCUT2D eigenvalue weighted by molar-refractivity contribution is 5.51. The molecule has 1 aliphatic rings. The molecule has 1 aliphatic carbocycles. The summed E-state index contributed by atoms with van der Waals surface area (Å²) in [4.78, 5) is 0. The Morgan fingerprint density at radius 1 is 1.08 bits per heavy atom. The summed E-state index contributed by atoms with van der Waals surface area (Å²) in [5, 5.41) is 7.35. The van der Waals surface area contributed by atoms with Gasteiger partial charge in [0.05, 0.1) is 5.69 Å². The van der Waals surface area contributed by atoms with Crippen LogP contribution in [0, 0.1) is 0 Å². The predicted molar refractivity (Wildman–Crippen MR) is 93.8 cm³/mol. The summed E-state index contributed by atoms with van der Waals surface area (Å²) in [7, 11) is 1.88. The van der Waals surface area contributed by atoms with Gasteiger partial charge in [-0.2, -0.15) is 0 Å². The maximum atomic E-state index is 5.98. The van der Waals surface area contributed by atoms with Crippen LogP contribution in [0.2, 0.25) is 0 Å². The number of ether oxygens (including phenoxy) is 1. The topological polar surface area (TPSA) is 47.3 Å². The van der Waals surface area contributed by atoms with Gasteiger partial charge in [-0.3, -0.25) is 0 Å². The number of nitrogens with zero attached hydrogens (tertiary/aromatic N) is 1. The van der Waals surface area contributed by atoms with Crippen LogP contribution in [0.3, 0.4) is 0 Å². The van der Waals surface area contributed by atoms with Crippen LogP contribution in [0.1, 0.15) is 35.6 Å². The molecule has 1 aromatic heterocycles. The van der Waals surface area contributed by atoms with Crippen molar-refractivity contribution in [3.8, 4) is 11.5 Å². The van der Waals surface area contributed by atoms with E-state index in [2.05, 4.69) is 28.7 Å². The van der Waals surface area contributed by atoms with Gasteiger partial charge in [0, 0.05) is 18.5 Å². The molecular formula is C20H20N2O2. The van der Waals surface area contributed by atoms with Crippen molar-refractivity contribution in [2.45, 2.75) is 25.2 Å². The highest BCUT2D eigenvalue weighted by Gasteiger charge is 2.29. The first-order chi connectivity index (χ1) is 11.8. The number of benzene rings is 2. The summed E-state index contributed by atoms with van der Waals surface area (Å²) in [6.07, 6.45) is 3.20. The lowest BCUT2D eigenvalue weighted by Gasteiger charge is -2.22.